The van der Waals surface area contributed by atoms with Crippen molar-refractivity contribution in [3.8, 4) is 0 Å². The van der Waals surface area contributed by atoms with Crippen LogP contribution in [0.4, 0.5) is 0 Å². The van der Waals surface area contributed by atoms with Gasteiger partial charge in [-0.15, -0.1) is 0 Å². The Balaban J connectivity index is 0. The van der Waals surface area contributed by atoms with Crippen molar-refractivity contribution in [3.63, 3.8) is 0 Å². The molecule has 0 bridgehead atoms. The standard InChI is InChI=1S/C16H32O2.C10H20O2/c1-3-5-7-9-11-13-15-18-16(17)14-12-10-8-6-4-2;1-2-3-4-5-6-7-8-9-10(11)12/h3-15H2,1-2H3;2-9H2,1H3,(H,11,12). The smallest absolute Gasteiger partial charge is 0.305 e. The van der Waals surface area contributed by atoms with Crippen molar-refractivity contribution >= 4 is 11.9 Å². The maximum atomic E-state index is 11.4. The number of carbonyl (C=O) groups is 2. The predicted molar refractivity (Wildman–Crippen MR) is 128 cm³/mol. The Morgan fingerprint density at radius 3 is 1.33 bits per heavy atom. The average molecular weight is 429 g/mol. The number of unbranched alkanes of at least 4 members (excludes halogenated alkanes) is 15. The van der Waals surface area contributed by atoms with Crippen LogP contribution in [0, 0.1) is 0 Å². The van der Waals surface area contributed by atoms with E-state index in [0.717, 1.165) is 25.7 Å². The first kappa shape index (κ1) is 31.1. The Bertz CT molecular complexity index is 355. The second-order valence-electron chi connectivity index (χ2n) is 8.42. The molecule has 0 aliphatic heterocycles. The zero-order valence-corrected chi connectivity index (χ0v) is 20.5. The third-order valence-corrected chi connectivity index (χ3v) is 5.24. The molecule has 180 valence electrons. The van der Waals surface area contributed by atoms with E-state index < -0.39 is 5.97 Å². The van der Waals surface area contributed by atoms with Gasteiger partial charge in [-0.2, -0.15) is 0 Å². The Kier molecular flexibility index (Phi) is 29.0. The molecular formula is C26H52O4. The number of aliphatic carboxylic acids is 1. The third-order valence-electron chi connectivity index (χ3n) is 5.24. The number of carboxylic acids is 1. The van der Waals surface area contributed by atoms with Gasteiger partial charge in [-0.25, -0.2) is 0 Å². The van der Waals surface area contributed by atoms with Crippen LogP contribution in [-0.2, 0) is 14.3 Å². The molecule has 0 saturated heterocycles. The van der Waals surface area contributed by atoms with Crippen LogP contribution in [-0.4, -0.2) is 23.7 Å². The van der Waals surface area contributed by atoms with Crippen molar-refractivity contribution in [2.75, 3.05) is 6.61 Å². The van der Waals surface area contributed by atoms with Gasteiger partial charge in [-0.05, 0) is 19.3 Å². The van der Waals surface area contributed by atoms with E-state index in [0.29, 0.717) is 19.4 Å². The molecule has 0 atom stereocenters. The van der Waals surface area contributed by atoms with E-state index in [9.17, 15) is 9.59 Å². The summed E-state index contributed by atoms with van der Waals surface area (Å²) in [6.45, 7) is 7.25. The van der Waals surface area contributed by atoms with E-state index in [1.165, 1.54) is 89.9 Å². The number of carboxylic acid groups (broad SMARTS) is 1. The van der Waals surface area contributed by atoms with Gasteiger partial charge in [0.1, 0.15) is 0 Å². The lowest BCUT2D eigenvalue weighted by Gasteiger charge is -2.04. The molecule has 0 unspecified atom stereocenters. The molecule has 4 nitrogen and oxygen atoms in total. The lowest BCUT2D eigenvalue weighted by Crippen LogP contribution is -2.05. The highest BCUT2D eigenvalue weighted by atomic mass is 16.5. The van der Waals surface area contributed by atoms with Crippen molar-refractivity contribution < 1.29 is 19.4 Å². The van der Waals surface area contributed by atoms with Crippen molar-refractivity contribution in [1.29, 1.82) is 0 Å². The average Bonchev–Trinajstić information content (AvgIpc) is 2.72. The number of carbonyl (C=O) groups excluding carboxylic acids is 1. The molecule has 0 aliphatic rings. The van der Waals surface area contributed by atoms with Gasteiger partial charge in [0.15, 0.2) is 0 Å². The van der Waals surface area contributed by atoms with Crippen LogP contribution < -0.4 is 0 Å². The predicted octanol–water partition coefficient (Wildman–Crippen LogP) is 8.46. The number of rotatable bonds is 21. The summed E-state index contributed by atoms with van der Waals surface area (Å²) in [5, 5.41) is 8.35. The van der Waals surface area contributed by atoms with E-state index in [-0.39, 0.29) is 5.97 Å². The van der Waals surface area contributed by atoms with Gasteiger partial charge in [-0.3, -0.25) is 9.59 Å². The highest BCUT2D eigenvalue weighted by molar-refractivity contribution is 5.69. The van der Waals surface area contributed by atoms with E-state index in [4.69, 9.17) is 9.84 Å². The number of hydrogen-bond donors (Lipinski definition) is 1. The summed E-state index contributed by atoms with van der Waals surface area (Å²) in [5.41, 5.74) is 0. The second kappa shape index (κ2) is 27.9. The molecule has 0 amide bonds. The van der Waals surface area contributed by atoms with Gasteiger partial charge in [0.05, 0.1) is 6.61 Å². The van der Waals surface area contributed by atoms with Gasteiger partial charge >= 0.3 is 11.9 Å². The van der Waals surface area contributed by atoms with Crippen molar-refractivity contribution in [2.45, 2.75) is 149 Å². The van der Waals surface area contributed by atoms with Gasteiger partial charge in [0.25, 0.3) is 0 Å². The fourth-order valence-electron chi connectivity index (χ4n) is 3.25. The molecule has 0 spiro atoms. The van der Waals surface area contributed by atoms with Crippen LogP contribution >= 0.6 is 0 Å². The van der Waals surface area contributed by atoms with E-state index >= 15 is 0 Å². The molecule has 0 rings (SSSR count). The Morgan fingerprint density at radius 2 is 0.900 bits per heavy atom. The molecule has 1 N–H and O–H groups in total. The summed E-state index contributed by atoms with van der Waals surface area (Å²) in [7, 11) is 0. The van der Waals surface area contributed by atoms with Gasteiger partial charge in [-0.1, -0.05) is 117 Å². The third kappa shape index (κ3) is 31.6. The van der Waals surface area contributed by atoms with E-state index in [2.05, 4.69) is 20.8 Å². The summed E-state index contributed by atoms with van der Waals surface area (Å²) < 4.78 is 5.22. The van der Waals surface area contributed by atoms with E-state index in [1.54, 1.807) is 0 Å². The van der Waals surface area contributed by atoms with Crippen LogP contribution in [0.3, 0.4) is 0 Å². The van der Waals surface area contributed by atoms with Gasteiger partial charge < -0.3 is 9.84 Å². The molecular weight excluding hydrogens is 376 g/mol. The zero-order valence-electron chi connectivity index (χ0n) is 20.5. The fourth-order valence-corrected chi connectivity index (χ4v) is 3.25. The molecule has 0 radical (unpaired) electrons. The summed E-state index contributed by atoms with van der Waals surface area (Å²) in [4.78, 5) is 21.5. The minimum absolute atomic E-state index is 0.0000525. The molecule has 0 aromatic rings. The number of ether oxygens (including phenoxy) is 1. The minimum Gasteiger partial charge on any atom is -0.481 e. The molecule has 30 heavy (non-hydrogen) atoms. The maximum Gasteiger partial charge on any atom is 0.305 e. The first-order valence-electron chi connectivity index (χ1n) is 13.0. The van der Waals surface area contributed by atoms with E-state index in [1.807, 2.05) is 0 Å². The van der Waals surface area contributed by atoms with Gasteiger partial charge in [0.2, 0.25) is 0 Å². The van der Waals surface area contributed by atoms with Crippen molar-refractivity contribution in [2.24, 2.45) is 0 Å². The normalized spacial score (nSPS) is 10.4. The van der Waals surface area contributed by atoms with Crippen LogP contribution in [0.15, 0.2) is 0 Å². The largest absolute Gasteiger partial charge is 0.481 e. The molecule has 0 heterocycles. The first-order valence-corrected chi connectivity index (χ1v) is 13.0. The van der Waals surface area contributed by atoms with Crippen LogP contribution in [0.2, 0.25) is 0 Å². The topological polar surface area (TPSA) is 63.6 Å². The highest BCUT2D eigenvalue weighted by Crippen LogP contribution is 2.09. The van der Waals surface area contributed by atoms with Crippen LogP contribution in [0.1, 0.15) is 149 Å². The highest BCUT2D eigenvalue weighted by Gasteiger charge is 2.02. The lowest BCUT2D eigenvalue weighted by atomic mass is 10.1. The quantitative estimate of drug-likeness (QED) is 0.147. The molecule has 0 aromatic heterocycles. The summed E-state index contributed by atoms with van der Waals surface area (Å²) in [6.07, 6.45) is 22.7. The second-order valence-corrected chi connectivity index (χ2v) is 8.42. The van der Waals surface area contributed by atoms with Crippen molar-refractivity contribution in [3.05, 3.63) is 0 Å². The van der Waals surface area contributed by atoms with Crippen LogP contribution in [0.5, 0.6) is 0 Å². The molecule has 4 heteroatoms. The minimum atomic E-state index is -0.663. The Labute approximate surface area is 187 Å². The molecule has 0 aromatic carbocycles. The SMILES string of the molecule is CCCCCCCCCC(=O)O.CCCCCCCCOC(=O)CCCCCCC. The molecule has 0 saturated carbocycles. The molecule has 0 fully saturated rings. The maximum absolute atomic E-state index is 11.4. The zero-order chi connectivity index (χ0) is 22.7. The monoisotopic (exact) mass is 428 g/mol. The van der Waals surface area contributed by atoms with Gasteiger partial charge in [0, 0.05) is 12.8 Å². The Hall–Kier alpha value is -1.06. The number of esters is 1. The summed E-state index contributed by atoms with van der Waals surface area (Å²) >= 11 is 0. The molecule has 0 aliphatic carbocycles. The fraction of sp³-hybridized carbons (Fsp3) is 0.923. The lowest BCUT2D eigenvalue weighted by molar-refractivity contribution is -0.144. The number of hydrogen-bond acceptors (Lipinski definition) is 3. The summed E-state index contributed by atoms with van der Waals surface area (Å²) in [5.74, 6) is -0.663. The Morgan fingerprint density at radius 1 is 0.533 bits per heavy atom. The first-order chi connectivity index (χ1) is 14.6. The van der Waals surface area contributed by atoms with Crippen LogP contribution in [0.25, 0.3) is 0 Å². The summed E-state index contributed by atoms with van der Waals surface area (Å²) in [6, 6.07) is 0. The van der Waals surface area contributed by atoms with Crippen molar-refractivity contribution in [1.82, 2.24) is 0 Å².